The normalized spacial score (nSPS) is 19.3. The van der Waals surface area contributed by atoms with Gasteiger partial charge in [0.2, 0.25) is 0 Å². The van der Waals surface area contributed by atoms with Gasteiger partial charge in [0.05, 0.1) is 0 Å². The lowest BCUT2D eigenvalue weighted by atomic mass is 9.83. The van der Waals surface area contributed by atoms with Crippen LogP contribution in [0, 0.1) is 5.92 Å². The molecule has 2 rings (SSSR count). The van der Waals surface area contributed by atoms with Gasteiger partial charge in [0.1, 0.15) is 6.10 Å². The number of hydrogen-bond donors (Lipinski definition) is 0. The second kappa shape index (κ2) is 7.82. The van der Waals surface area contributed by atoms with E-state index in [1.807, 2.05) is 18.2 Å². The number of halogens is 1. The van der Waals surface area contributed by atoms with Gasteiger partial charge in [0, 0.05) is 18.2 Å². The van der Waals surface area contributed by atoms with E-state index in [1.165, 1.54) is 44.6 Å². The summed E-state index contributed by atoms with van der Waals surface area (Å²) < 4.78 is 5.61. The minimum Gasteiger partial charge on any atom is -0.462 e. The number of alkyl halides is 1. The Morgan fingerprint density at radius 2 is 1.90 bits per heavy atom. The van der Waals surface area contributed by atoms with Crippen LogP contribution in [0.2, 0.25) is 0 Å². The van der Waals surface area contributed by atoms with E-state index in [9.17, 15) is 4.79 Å². The van der Waals surface area contributed by atoms with Crippen molar-refractivity contribution < 1.29 is 9.53 Å². The maximum absolute atomic E-state index is 11.4. The molecule has 0 unspecified atom stereocenters. The molecule has 1 aliphatic rings. The molecule has 0 amide bonds. The second-order valence-corrected chi connectivity index (χ2v) is 6.77. The van der Waals surface area contributed by atoms with E-state index >= 15 is 0 Å². The van der Waals surface area contributed by atoms with Crippen molar-refractivity contribution >= 4 is 21.9 Å². The SMILES string of the molecule is CC(=O)O[C@H](C[C@@H](Br)c1ccccc1)C1CCCCC1. The van der Waals surface area contributed by atoms with Crippen molar-refractivity contribution in [2.75, 3.05) is 0 Å². The Bertz CT molecular complexity index is 412. The lowest BCUT2D eigenvalue weighted by Gasteiger charge is -2.31. The molecule has 0 aliphatic heterocycles. The molecule has 1 fully saturated rings. The summed E-state index contributed by atoms with van der Waals surface area (Å²) in [5.74, 6) is 0.366. The fourth-order valence-electron chi connectivity index (χ4n) is 3.06. The van der Waals surface area contributed by atoms with E-state index in [0.717, 1.165) is 6.42 Å². The Hall–Kier alpha value is -0.830. The molecule has 3 heteroatoms. The number of ether oxygens (including phenoxy) is 1. The minimum atomic E-state index is -0.159. The molecule has 110 valence electrons. The zero-order chi connectivity index (χ0) is 14.4. The lowest BCUT2D eigenvalue weighted by Crippen LogP contribution is -2.29. The molecular formula is C17H23BrO2. The smallest absolute Gasteiger partial charge is 0.302 e. The van der Waals surface area contributed by atoms with Crippen LogP contribution in [0.15, 0.2) is 30.3 Å². The van der Waals surface area contributed by atoms with Crippen LogP contribution in [-0.4, -0.2) is 12.1 Å². The highest BCUT2D eigenvalue weighted by molar-refractivity contribution is 9.09. The van der Waals surface area contributed by atoms with Crippen LogP contribution in [0.5, 0.6) is 0 Å². The van der Waals surface area contributed by atoms with Gasteiger partial charge in [0.25, 0.3) is 0 Å². The molecule has 0 bridgehead atoms. The number of benzene rings is 1. The molecule has 2 nitrogen and oxygen atoms in total. The summed E-state index contributed by atoms with van der Waals surface area (Å²) in [6.07, 6.45) is 7.12. The molecule has 1 saturated carbocycles. The monoisotopic (exact) mass is 338 g/mol. The van der Waals surface area contributed by atoms with Gasteiger partial charge in [0.15, 0.2) is 0 Å². The summed E-state index contributed by atoms with van der Waals surface area (Å²) in [5.41, 5.74) is 1.25. The van der Waals surface area contributed by atoms with Crippen molar-refractivity contribution in [3.8, 4) is 0 Å². The molecule has 0 aromatic heterocycles. The van der Waals surface area contributed by atoms with E-state index in [-0.39, 0.29) is 16.9 Å². The van der Waals surface area contributed by atoms with Gasteiger partial charge in [-0.2, -0.15) is 0 Å². The van der Waals surface area contributed by atoms with Crippen molar-refractivity contribution in [1.29, 1.82) is 0 Å². The van der Waals surface area contributed by atoms with Crippen molar-refractivity contribution in [3.63, 3.8) is 0 Å². The Morgan fingerprint density at radius 3 is 2.50 bits per heavy atom. The van der Waals surface area contributed by atoms with Crippen LogP contribution in [0.4, 0.5) is 0 Å². The van der Waals surface area contributed by atoms with Gasteiger partial charge in [-0.15, -0.1) is 0 Å². The Balaban J connectivity index is 2.01. The predicted octanol–water partition coefficient (Wildman–Crippen LogP) is 5.02. The first kappa shape index (κ1) is 15.6. The Morgan fingerprint density at radius 1 is 1.25 bits per heavy atom. The van der Waals surface area contributed by atoms with E-state index in [1.54, 1.807) is 0 Å². The van der Waals surface area contributed by atoms with E-state index in [2.05, 4.69) is 28.1 Å². The minimum absolute atomic E-state index is 0.0392. The molecule has 20 heavy (non-hydrogen) atoms. The fraction of sp³-hybridized carbons (Fsp3) is 0.588. The average molecular weight is 339 g/mol. The third-order valence-electron chi connectivity index (χ3n) is 4.09. The van der Waals surface area contributed by atoms with Gasteiger partial charge in [-0.25, -0.2) is 0 Å². The van der Waals surface area contributed by atoms with E-state index < -0.39 is 0 Å². The molecule has 1 aromatic carbocycles. The first-order valence-electron chi connectivity index (χ1n) is 7.53. The first-order valence-corrected chi connectivity index (χ1v) is 8.44. The zero-order valence-electron chi connectivity index (χ0n) is 12.1. The molecule has 0 N–H and O–H groups in total. The quantitative estimate of drug-likeness (QED) is 0.556. The highest BCUT2D eigenvalue weighted by Gasteiger charge is 2.28. The van der Waals surface area contributed by atoms with Crippen molar-refractivity contribution in [1.82, 2.24) is 0 Å². The van der Waals surface area contributed by atoms with Crippen LogP contribution in [0.3, 0.4) is 0 Å². The standard InChI is InChI=1S/C17H23BrO2/c1-13(19)20-17(15-10-6-3-7-11-15)12-16(18)14-8-4-2-5-9-14/h2,4-5,8-9,15-17H,3,6-7,10-12H2,1H3/t16-,17-/m1/s1. The van der Waals surface area contributed by atoms with Crippen molar-refractivity contribution in [3.05, 3.63) is 35.9 Å². The third-order valence-corrected chi connectivity index (χ3v) is 5.00. The first-order chi connectivity index (χ1) is 9.66. The molecule has 2 atom stereocenters. The largest absolute Gasteiger partial charge is 0.462 e. The van der Waals surface area contributed by atoms with Gasteiger partial charge < -0.3 is 4.74 Å². The number of carbonyl (C=O) groups excluding carboxylic acids is 1. The summed E-state index contributed by atoms with van der Waals surface area (Å²) >= 11 is 3.75. The number of esters is 1. The predicted molar refractivity (Wildman–Crippen MR) is 84.9 cm³/mol. The maximum atomic E-state index is 11.4. The van der Waals surface area contributed by atoms with Crippen LogP contribution < -0.4 is 0 Å². The maximum Gasteiger partial charge on any atom is 0.302 e. The van der Waals surface area contributed by atoms with Crippen molar-refractivity contribution in [2.24, 2.45) is 5.92 Å². The molecule has 0 heterocycles. The number of carbonyl (C=O) groups is 1. The summed E-state index contributed by atoms with van der Waals surface area (Å²) in [4.78, 5) is 11.6. The number of rotatable bonds is 5. The molecule has 0 spiro atoms. The van der Waals surface area contributed by atoms with Crippen LogP contribution in [0.1, 0.15) is 55.8 Å². The van der Waals surface area contributed by atoms with Gasteiger partial charge in [-0.05, 0) is 24.3 Å². The Labute approximate surface area is 130 Å². The third kappa shape index (κ3) is 4.62. The molecule has 0 saturated heterocycles. The molecule has 0 radical (unpaired) electrons. The van der Waals surface area contributed by atoms with E-state index in [4.69, 9.17) is 4.74 Å². The second-order valence-electron chi connectivity index (χ2n) is 5.66. The zero-order valence-corrected chi connectivity index (χ0v) is 13.6. The number of hydrogen-bond acceptors (Lipinski definition) is 2. The topological polar surface area (TPSA) is 26.3 Å². The summed E-state index contributed by atoms with van der Waals surface area (Å²) in [7, 11) is 0. The van der Waals surface area contributed by atoms with E-state index in [0.29, 0.717) is 5.92 Å². The molecule has 1 aliphatic carbocycles. The highest BCUT2D eigenvalue weighted by atomic mass is 79.9. The molecular weight excluding hydrogens is 316 g/mol. The van der Waals surface area contributed by atoms with Crippen LogP contribution in [0.25, 0.3) is 0 Å². The average Bonchev–Trinajstić information content (AvgIpc) is 2.48. The van der Waals surface area contributed by atoms with Crippen LogP contribution in [-0.2, 0) is 9.53 Å². The summed E-state index contributed by atoms with van der Waals surface area (Å²) in [6, 6.07) is 10.3. The lowest BCUT2D eigenvalue weighted by molar-refractivity contribution is -0.150. The van der Waals surface area contributed by atoms with Gasteiger partial charge >= 0.3 is 5.97 Å². The molecule has 1 aromatic rings. The fourth-order valence-corrected chi connectivity index (χ4v) is 3.73. The Kier molecular flexibility index (Phi) is 6.08. The van der Waals surface area contributed by atoms with Crippen LogP contribution >= 0.6 is 15.9 Å². The van der Waals surface area contributed by atoms with Gasteiger partial charge in [-0.1, -0.05) is 65.5 Å². The highest BCUT2D eigenvalue weighted by Crippen LogP contribution is 2.35. The van der Waals surface area contributed by atoms with Gasteiger partial charge in [-0.3, -0.25) is 4.79 Å². The summed E-state index contributed by atoms with van der Waals surface area (Å²) in [5, 5.41) is 0. The summed E-state index contributed by atoms with van der Waals surface area (Å²) in [6.45, 7) is 1.52. The van der Waals surface area contributed by atoms with Crippen molar-refractivity contribution in [2.45, 2.75) is 56.4 Å².